The topological polar surface area (TPSA) is 87.7 Å². The lowest BCUT2D eigenvalue weighted by Gasteiger charge is -2.08. The number of alkyl halides is 3. The number of ether oxygens (including phenoxy) is 2. The Labute approximate surface area is 178 Å². The van der Waals surface area contributed by atoms with Crippen molar-refractivity contribution >= 4 is 16.1 Å². The number of benzene rings is 1. The molecular weight excluding hydrogens is 441 g/mol. The molecule has 0 saturated carbocycles. The first-order chi connectivity index (χ1) is 14.6. The van der Waals surface area contributed by atoms with E-state index in [1.165, 1.54) is 28.6 Å². The van der Waals surface area contributed by atoms with Gasteiger partial charge < -0.3 is 9.47 Å². The van der Waals surface area contributed by atoms with E-state index in [4.69, 9.17) is 8.92 Å². The number of para-hydroxylation sites is 1. The Morgan fingerprint density at radius 1 is 1.10 bits per heavy atom. The summed E-state index contributed by atoms with van der Waals surface area (Å²) >= 11 is 0. The summed E-state index contributed by atoms with van der Waals surface area (Å²) < 4.78 is 78.3. The van der Waals surface area contributed by atoms with Crippen molar-refractivity contribution in [2.45, 2.75) is 32.0 Å². The highest BCUT2D eigenvalue weighted by atomic mass is 32.2. The van der Waals surface area contributed by atoms with Crippen LogP contribution in [0.15, 0.2) is 42.7 Å². The zero-order valence-corrected chi connectivity index (χ0v) is 17.7. The van der Waals surface area contributed by atoms with Gasteiger partial charge in [0.25, 0.3) is 10.1 Å². The number of carbonyl (C=O) groups is 1. The van der Waals surface area contributed by atoms with Crippen molar-refractivity contribution in [3.8, 4) is 11.8 Å². The van der Waals surface area contributed by atoms with E-state index < -0.39 is 22.3 Å². The molecular formula is C19H24F3N2O6S+. The van der Waals surface area contributed by atoms with Crippen LogP contribution < -0.4 is 14.0 Å². The smallest absolute Gasteiger partial charge is 0.491 e. The normalized spacial score (nSPS) is 12.0. The molecule has 172 valence electrons. The van der Waals surface area contributed by atoms with Crippen LogP contribution in [0, 0.1) is 0 Å². The standard InChI is InChI=1S/C19H24F3N2O6S/c1-23-11-12-24(18(23)30-17(25)19(20,21)22)10-5-6-15-31(26,27)29-14-7-13-28-16-8-3-2-4-9-16/h2-4,8-9,11-12H,5-7,10,13-15H2,1H3/q+1. The van der Waals surface area contributed by atoms with Crippen LogP contribution in [0.1, 0.15) is 19.3 Å². The molecule has 0 N–H and O–H groups in total. The lowest BCUT2D eigenvalue weighted by molar-refractivity contribution is -0.675. The lowest BCUT2D eigenvalue weighted by atomic mass is 10.3. The molecule has 0 aliphatic carbocycles. The molecule has 0 fully saturated rings. The van der Waals surface area contributed by atoms with Gasteiger partial charge in [-0.15, -0.1) is 0 Å². The van der Waals surface area contributed by atoms with Crippen molar-refractivity contribution in [1.82, 2.24) is 4.57 Å². The Hall–Kier alpha value is -2.60. The van der Waals surface area contributed by atoms with Crippen LogP contribution in [0.3, 0.4) is 0 Å². The van der Waals surface area contributed by atoms with Crippen molar-refractivity contribution < 1.29 is 44.6 Å². The summed E-state index contributed by atoms with van der Waals surface area (Å²) in [4.78, 5) is 11.0. The molecule has 0 spiro atoms. The van der Waals surface area contributed by atoms with Crippen LogP contribution in [0.5, 0.6) is 11.8 Å². The zero-order valence-electron chi connectivity index (χ0n) is 16.9. The highest BCUT2D eigenvalue weighted by Crippen LogP contribution is 2.18. The molecule has 1 aromatic heterocycles. The summed E-state index contributed by atoms with van der Waals surface area (Å²) in [6, 6.07) is 8.80. The molecule has 0 saturated heterocycles. The SMILES string of the molecule is C[n+]1ccn(CCCCS(=O)(=O)OCCCOc2ccccc2)c1OC(=O)C(F)(F)F. The minimum absolute atomic E-state index is 0.0137. The van der Waals surface area contributed by atoms with E-state index in [2.05, 4.69) is 4.74 Å². The molecule has 0 unspecified atom stereocenters. The number of unbranched alkanes of at least 4 members (excludes halogenated alkanes) is 1. The summed E-state index contributed by atoms with van der Waals surface area (Å²) in [6.45, 7) is 0.464. The number of aromatic nitrogens is 2. The van der Waals surface area contributed by atoms with Crippen molar-refractivity contribution in [1.29, 1.82) is 0 Å². The van der Waals surface area contributed by atoms with Crippen LogP contribution in [0.4, 0.5) is 13.2 Å². The number of carbonyl (C=O) groups excluding carboxylic acids is 1. The minimum Gasteiger partial charge on any atom is -0.494 e. The van der Waals surface area contributed by atoms with Gasteiger partial charge in [0.1, 0.15) is 18.1 Å². The second kappa shape index (κ2) is 11.1. The second-order valence-corrected chi connectivity index (χ2v) is 8.34. The second-order valence-electron chi connectivity index (χ2n) is 6.58. The van der Waals surface area contributed by atoms with Gasteiger partial charge in [-0.2, -0.15) is 30.7 Å². The Balaban J connectivity index is 1.69. The molecule has 0 aliphatic rings. The predicted molar refractivity (Wildman–Crippen MR) is 103 cm³/mol. The predicted octanol–water partition coefficient (Wildman–Crippen LogP) is 2.38. The lowest BCUT2D eigenvalue weighted by Crippen LogP contribution is -2.36. The number of imidazole rings is 1. The van der Waals surface area contributed by atoms with E-state index in [0.717, 1.165) is 0 Å². The van der Waals surface area contributed by atoms with Crippen LogP contribution in [0.25, 0.3) is 0 Å². The van der Waals surface area contributed by atoms with Gasteiger partial charge >= 0.3 is 18.2 Å². The number of esters is 1. The molecule has 0 aliphatic heterocycles. The molecule has 0 radical (unpaired) electrons. The van der Waals surface area contributed by atoms with Crippen molar-refractivity contribution in [2.24, 2.45) is 7.05 Å². The molecule has 8 nitrogen and oxygen atoms in total. The number of rotatable bonds is 12. The maximum absolute atomic E-state index is 12.4. The maximum Gasteiger partial charge on any atom is 0.491 e. The number of nitrogens with zero attached hydrogens (tertiary/aromatic N) is 2. The van der Waals surface area contributed by atoms with Crippen molar-refractivity contribution in [2.75, 3.05) is 19.0 Å². The third-order valence-electron chi connectivity index (χ3n) is 4.04. The molecule has 1 aromatic carbocycles. The van der Waals surface area contributed by atoms with Gasteiger partial charge in [-0.1, -0.05) is 18.2 Å². The van der Waals surface area contributed by atoms with Gasteiger partial charge in [0, 0.05) is 6.42 Å². The largest absolute Gasteiger partial charge is 0.494 e. The van der Waals surface area contributed by atoms with Crippen LogP contribution in [0.2, 0.25) is 0 Å². The van der Waals surface area contributed by atoms with Crippen LogP contribution in [-0.4, -0.2) is 44.1 Å². The van der Waals surface area contributed by atoms with Crippen LogP contribution in [-0.2, 0) is 32.7 Å². The van der Waals surface area contributed by atoms with E-state index in [1.54, 1.807) is 12.1 Å². The fourth-order valence-corrected chi connectivity index (χ4v) is 3.57. The fourth-order valence-electron chi connectivity index (χ4n) is 2.52. The van der Waals surface area contributed by atoms with E-state index in [-0.39, 0.29) is 31.3 Å². The monoisotopic (exact) mass is 465 g/mol. The number of hydrogen-bond donors (Lipinski definition) is 0. The third kappa shape index (κ3) is 8.58. The van der Waals surface area contributed by atoms with Gasteiger partial charge in [0.05, 0.1) is 32.6 Å². The summed E-state index contributed by atoms with van der Waals surface area (Å²) in [5, 5.41) is 0. The third-order valence-corrected chi connectivity index (χ3v) is 5.35. The minimum atomic E-state index is -5.11. The highest BCUT2D eigenvalue weighted by Gasteiger charge is 2.43. The van der Waals surface area contributed by atoms with Gasteiger partial charge in [0.15, 0.2) is 0 Å². The average Bonchev–Trinajstić information content (AvgIpc) is 3.04. The molecule has 31 heavy (non-hydrogen) atoms. The van der Waals surface area contributed by atoms with Crippen molar-refractivity contribution in [3.63, 3.8) is 0 Å². The summed E-state index contributed by atoms with van der Waals surface area (Å²) in [7, 11) is -2.30. The first-order valence-corrected chi connectivity index (χ1v) is 11.0. The quantitative estimate of drug-likeness (QED) is 0.207. The maximum atomic E-state index is 12.4. The van der Waals surface area contributed by atoms with Gasteiger partial charge in [-0.25, -0.2) is 4.79 Å². The highest BCUT2D eigenvalue weighted by molar-refractivity contribution is 7.86. The Morgan fingerprint density at radius 2 is 1.81 bits per heavy atom. The summed E-state index contributed by atoms with van der Waals surface area (Å²) in [5.41, 5.74) is 0. The van der Waals surface area contributed by atoms with Crippen LogP contribution >= 0.6 is 0 Å². The number of halogens is 3. The summed E-state index contributed by atoms with van der Waals surface area (Å²) in [6.07, 6.45) is -1.31. The molecule has 2 aromatic rings. The number of hydrogen-bond acceptors (Lipinski definition) is 6. The molecule has 0 bridgehead atoms. The van der Waals surface area contributed by atoms with Gasteiger partial charge in [-0.05, 0) is 25.0 Å². The molecule has 12 heteroatoms. The first kappa shape index (κ1) is 24.7. The van der Waals surface area contributed by atoms with E-state index in [9.17, 15) is 26.4 Å². The average molecular weight is 465 g/mol. The number of aryl methyl sites for hydroxylation is 2. The molecule has 0 atom stereocenters. The molecule has 2 rings (SSSR count). The van der Waals surface area contributed by atoms with Gasteiger partial charge in [-0.3, -0.25) is 4.18 Å². The van der Waals surface area contributed by atoms with Gasteiger partial charge in [0.2, 0.25) is 0 Å². The van der Waals surface area contributed by atoms with E-state index >= 15 is 0 Å². The molecule has 0 amide bonds. The van der Waals surface area contributed by atoms with Crippen molar-refractivity contribution in [3.05, 3.63) is 42.7 Å². The zero-order chi connectivity index (χ0) is 22.9. The summed E-state index contributed by atoms with van der Waals surface area (Å²) in [5.74, 6) is -1.88. The van der Waals surface area contributed by atoms with E-state index in [0.29, 0.717) is 25.2 Å². The Morgan fingerprint density at radius 3 is 2.48 bits per heavy atom. The molecule has 1 heterocycles. The van der Waals surface area contributed by atoms with E-state index in [1.807, 2.05) is 18.2 Å². The fraction of sp³-hybridized carbons (Fsp3) is 0.474. The Bertz CT molecular complexity index is 945. The Kier molecular flexibility index (Phi) is 8.87. The first-order valence-electron chi connectivity index (χ1n) is 9.47.